The molecule has 3 aliphatic heterocycles. The molecule has 0 saturated carbocycles. The van der Waals surface area contributed by atoms with Crippen molar-refractivity contribution in [1.82, 2.24) is 4.90 Å². The van der Waals surface area contributed by atoms with Crippen molar-refractivity contribution in [2.45, 2.75) is 25.6 Å². The Morgan fingerprint density at radius 3 is 2.67 bits per heavy atom. The summed E-state index contributed by atoms with van der Waals surface area (Å²) in [7, 11) is 0. The number of nitrogens with zero attached hydrogens (tertiary/aromatic N) is 2. The first-order chi connectivity index (χ1) is 13.2. The Morgan fingerprint density at radius 2 is 1.93 bits per heavy atom. The van der Waals surface area contributed by atoms with Gasteiger partial charge in [-0.3, -0.25) is 4.90 Å². The molecule has 3 heterocycles. The summed E-state index contributed by atoms with van der Waals surface area (Å²) >= 11 is 12.2. The maximum Gasteiger partial charge on any atom is 0.143 e. The summed E-state index contributed by atoms with van der Waals surface area (Å²) in [6, 6.07) is 13.2. The number of ether oxygens (including phenoxy) is 1. The van der Waals surface area contributed by atoms with Crippen molar-refractivity contribution in [3.05, 3.63) is 63.6 Å². The van der Waals surface area contributed by atoms with E-state index in [-0.39, 0.29) is 6.10 Å². The molecule has 0 amide bonds. The van der Waals surface area contributed by atoms with Gasteiger partial charge in [0.05, 0.1) is 6.21 Å². The van der Waals surface area contributed by atoms with Crippen LogP contribution < -0.4 is 4.74 Å². The molecule has 3 aliphatic rings. The molecular weight excluding hydrogens is 383 g/mol. The number of hydrogen-bond acceptors (Lipinski definition) is 4. The lowest BCUT2D eigenvalue weighted by Crippen LogP contribution is -2.50. The van der Waals surface area contributed by atoms with Crippen molar-refractivity contribution in [3.63, 3.8) is 0 Å². The zero-order valence-electron chi connectivity index (χ0n) is 15.0. The van der Waals surface area contributed by atoms with Crippen molar-refractivity contribution in [1.29, 1.82) is 0 Å². The van der Waals surface area contributed by atoms with Crippen LogP contribution in [0.5, 0.6) is 5.75 Å². The Morgan fingerprint density at radius 1 is 1.11 bits per heavy atom. The topological polar surface area (TPSA) is 34.1 Å². The third-order valence-electron chi connectivity index (χ3n) is 5.30. The van der Waals surface area contributed by atoms with Crippen LogP contribution in [0.15, 0.2) is 47.6 Å². The van der Waals surface area contributed by atoms with Crippen molar-refractivity contribution >= 4 is 29.4 Å². The van der Waals surface area contributed by atoms with E-state index < -0.39 is 0 Å². The summed E-state index contributed by atoms with van der Waals surface area (Å²) < 4.78 is 5.95. The van der Waals surface area contributed by atoms with Gasteiger partial charge < -0.3 is 9.57 Å². The van der Waals surface area contributed by atoms with Gasteiger partial charge in [0.2, 0.25) is 0 Å². The number of fused-ring (bicyclic) bond motifs is 3. The maximum atomic E-state index is 6.22. The molecule has 0 aromatic heterocycles. The Labute approximate surface area is 169 Å². The van der Waals surface area contributed by atoms with Crippen molar-refractivity contribution in [3.8, 4) is 5.75 Å². The van der Waals surface area contributed by atoms with Crippen LogP contribution in [0.2, 0.25) is 10.0 Å². The van der Waals surface area contributed by atoms with E-state index in [4.69, 9.17) is 32.8 Å². The fourth-order valence-corrected chi connectivity index (χ4v) is 4.17. The van der Waals surface area contributed by atoms with Gasteiger partial charge in [-0.25, -0.2) is 0 Å². The molecule has 1 unspecified atom stereocenters. The number of para-hydroxylation sites is 1. The lowest BCUT2D eigenvalue weighted by molar-refractivity contribution is -0.0675. The highest BCUT2D eigenvalue weighted by Gasteiger charge is 2.35. The van der Waals surface area contributed by atoms with Crippen molar-refractivity contribution in [2.24, 2.45) is 11.1 Å². The van der Waals surface area contributed by atoms with E-state index in [1.165, 1.54) is 25.9 Å². The minimum Gasteiger partial charge on any atom is -0.488 e. The Bertz CT molecular complexity index is 820. The Kier molecular flexibility index (Phi) is 5.86. The van der Waals surface area contributed by atoms with Gasteiger partial charge in [0.15, 0.2) is 0 Å². The molecule has 2 aromatic carbocycles. The second kappa shape index (κ2) is 8.51. The quantitative estimate of drug-likeness (QED) is 0.500. The normalized spacial score (nSPS) is 24.3. The summed E-state index contributed by atoms with van der Waals surface area (Å²) in [6.45, 7) is 3.73. The van der Waals surface area contributed by atoms with E-state index in [1.54, 1.807) is 18.3 Å². The van der Waals surface area contributed by atoms with Crippen molar-refractivity contribution < 1.29 is 9.57 Å². The lowest BCUT2D eigenvalue weighted by Gasteiger charge is -2.42. The largest absolute Gasteiger partial charge is 0.488 e. The SMILES string of the molecule is Clc1ccc(COc2ccccc2C=NOC2CN3CCC2CC3)c(Cl)c1. The zero-order chi connectivity index (χ0) is 18.6. The van der Waals surface area contributed by atoms with E-state index in [2.05, 4.69) is 10.1 Å². The molecule has 0 N–H and O–H groups in total. The molecule has 5 rings (SSSR count). The fourth-order valence-electron chi connectivity index (χ4n) is 3.71. The van der Waals surface area contributed by atoms with Crippen LogP contribution in [0.1, 0.15) is 24.0 Å². The number of piperidine rings is 3. The van der Waals surface area contributed by atoms with Gasteiger partial charge in [-0.15, -0.1) is 0 Å². The van der Waals surface area contributed by atoms with Gasteiger partial charge in [0, 0.05) is 33.6 Å². The average molecular weight is 405 g/mol. The highest BCUT2D eigenvalue weighted by Crippen LogP contribution is 2.30. The van der Waals surface area contributed by atoms with Gasteiger partial charge in [-0.1, -0.05) is 46.6 Å². The highest BCUT2D eigenvalue weighted by atomic mass is 35.5. The monoisotopic (exact) mass is 404 g/mol. The smallest absolute Gasteiger partial charge is 0.143 e. The predicted molar refractivity (Wildman–Crippen MR) is 109 cm³/mol. The number of hydrogen-bond donors (Lipinski definition) is 0. The van der Waals surface area contributed by atoms with Crippen LogP contribution in [0.4, 0.5) is 0 Å². The molecule has 3 saturated heterocycles. The Hall–Kier alpha value is -1.75. The minimum absolute atomic E-state index is 0.199. The molecule has 0 radical (unpaired) electrons. The molecule has 0 aliphatic carbocycles. The van der Waals surface area contributed by atoms with Gasteiger partial charge in [0.25, 0.3) is 0 Å². The lowest BCUT2D eigenvalue weighted by atomic mass is 9.86. The second-order valence-electron chi connectivity index (χ2n) is 7.08. The van der Waals surface area contributed by atoms with Crippen LogP contribution >= 0.6 is 23.2 Å². The summed E-state index contributed by atoms with van der Waals surface area (Å²) in [5, 5.41) is 5.46. The van der Waals surface area contributed by atoms with Crippen LogP contribution in [-0.4, -0.2) is 36.9 Å². The first-order valence-corrected chi connectivity index (χ1v) is 10.0. The highest BCUT2D eigenvalue weighted by molar-refractivity contribution is 6.35. The van der Waals surface area contributed by atoms with Crippen LogP contribution in [0.3, 0.4) is 0 Å². The van der Waals surface area contributed by atoms with Crippen LogP contribution in [0.25, 0.3) is 0 Å². The molecular formula is C21H22Cl2N2O2. The molecule has 3 fully saturated rings. The van der Waals surface area contributed by atoms with E-state index in [0.717, 1.165) is 23.4 Å². The van der Waals surface area contributed by atoms with E-state index in [0.29, 0.717) is 22.6 Å². The van der Waals surface area contributed by atoms with Gasteiger partial charge in [-0.05, 0) is 50.2 Å². The number of halogens is 2. The second-order valence-corrected chi connectivity index (χ2v) is 7.92. The fraction of sp³-hybridized carbons (Fsp3) is 0.381. The molecule has 0 spiro atoms. The Balaban J connectivity index is 1.39. The molecule has 4 nitrogen and oxygen atoms in total. The van der Waals surface area contributed by atoms with E-state index >= 15 is 0 Å². The predicted octanol–water partition coefficient (Wildman–Crippen LogP) is 5.02. The van der Waals surface area contributed by atoms with E-state index in [1.807, 2.05) is 30.3 Å². The molecule has 2 aromatic rings. The number of rotatable bonds is 6. The third-order valence-corrected chi connectivity index (χ3v) is 5.89. The summed E-state index contributed by atoms with van der Waals surface area (Å²) in [5.41, 5.74) is 1.76. The first kappa shape index (κ1) is 18.6. The molecule has 27 heavy (non-hydrogen) atoms. The summed E-state index contributed by atoms with van der Waals surface area (Å²) in [4.78, 5) is 8.26. The van der Waals surface area contributed by atoms with Gasteiger partial charge in [0.1, 0.15) is 18.5 Å². The maximum absolute atomic E-state index is 6.22. The van der Waals surface area contributed by atoms with Crippen LogP contribution in [-0.2, 0) is 11.4 Å². The van der Waals surface area contributed by atoms with Crippen molar-refractivity contribution in [2.75, 3.05) is 19.6 Å². The van der Waals surface area contributed by atoms with E-state index in [9.17, 15) is 0 Å². The van der Waals surface area contributed by atoms with Gasteiger partial charge >= 0.3 is 0 Å². The molecule has 6 heteroatoms. The van der Waals surface area contributed by atoms with Gasteiger partial charge in [-0.2, -0.15) is 0 Å². The molecule has 142 valence electrons. The average Bonchev–Trinajstić information content (AvgIpc) is 2.69. The number of oxime groups is 1. The third kappa shape index (κ3) is 4.57. The zero-order valence-corrected chi connectivity index (χ0v) is 16.5. The summed E-state index contributed by atoms with van der Waals surface area (Å²) in [5.74, 6) is 1.37. The standard InChI is InChI=1S/C21H22Cl2N2O2/c22-18-6-5-17(19(23)11-18)14-26-20-4-2-1-3-16(20)12-24-27-21-13-25-9-7-15(21)8-10-25/h1-6,11-12,15,21H,7-10,13-14H2. The molecule has 1 atom stereocenters. The molecule has 2 bridgehead atoms. The van der Waals surface area contributed by atoms with Crippen LogP contribution in [0, 0.1) is 5.92 Å². The minimum atomic E-state index is 0.199. The summed E-state index contributed by atoms with van der Waals surface area (Å²) in [6.07, 6.45) is 4.35. The first-order valence-electron chi connectivity index (χ1n) is 9.26. The number of benzene rings is 2.